The van der Waals surface area contributed by atoms with E-state index in [1.807, 2.05) is 0 Å². The summed E-state index contributed by atoms with van der Waals surface area (Å²) in [6, 6.07) is 4.71. The van der Waals surface area contributed by atoms with Crippen LogP contribution in [0.2, 0.25) is 0 Å². The molecular formula is C11H9N3O3S. The number of anilines is 1. The van der Waals surface area contributed by atoms with Crippen molar-refractivity contribution in [3.63, 3.8) is 0 Å². The molecule has 2 aromatic rings. The minimum absolute atomic E-state index is 0.162. The standard InChI is InChI=1S/C11H9N3O3S/c1-6-2-3-7(4-8(6)11(16)17)13-10(15)9-5-12-14-18-9/h2-5H,1H3,(H,13,15)(H,16,17). The van der Waals surface area contributed by atoms with Gasteiger partial charge in [-0.2, -0.15) is 0 Å². The average molecular weight is 263 g/mol. The Morgan fingerprint density at radius 3 is 2.78 bits per heavy atom. The van der Waals surface area contributed by atoms with E-state index in [4.69, 9.17) is 5.11 Å². The molecule has 92 valence electrons. The van der Waals surface area contributed by atoms with Crippen LogP contribution in [0.5, 0.6) is 0 Å². The molecular weight excluding hydrogens is 254 g/mol. The number of nitrogens with zero attached hydrogens (tertiary/aromatic N) is 2. The Balaban J connectivity index is 2.22. The maximum absolute atomic E-state index is 11.7. The van der Waals surface area contributed by atoms with Gasteiger partial charge in [-0.05, 0) is 36.2 Å². The number of nitrogens with one attached hydrogen (secondary N) is 1. The van der Waals surface area contributed by atoms with E-state index in [9.17, 15) is 9.59 Å². The van der Waals surface area contributed by atoms with Gasteiger partial charge < -0.3 is 10.4 Å². The molecule has 1 heterocycles. The first-order chi connectivity index (χ1) is 8.58. The second-order valence-corrected chi connectivity index (χ2v) is 4.36. The Morgan fingerprint density at radius 2 is 2.17 bits per heavy atom. The number of aromatic nitrogens is 2. The van der Waals surface area contributed by atoms with Gasteiger partial charge in [-0.25, -0.2) is 4.79 Å². The van der Waals surface area contributed by atoms with Gasteiger partial charge in [0.05, 0.1) is 11.8 Å². The van der Waals surface area contributed by atoms with Gasteiger partial charge in [0.15, 0.2) is 0 Å². The van der Waals surface area contributed by atoms with E-state index in [0.717, 1.165) is 11.5 Å². The predicted molar refractivity (Wildman–Crippen MR) is 66.0 cm³/mol. The molecule has 2 rings (SSSR count). The number of carbonyl (C=O) groups excluding carboxylic acids is 1. The van der Waals surface area contributed by atoms with E-state index in [2.05, 4.69) is 14.9 Å². The van der Waals surface area contributed by atoms with Gasteiger partial charge in [-0.3, -0.25) is 4.79 Å². The number of aryl methyl sites for hydroxylation is 1. The molecule has 0 aliphatic heterocycles. The molecule has 0 atom stereocenters. The first-order valence-corrected chi connectivity index (χ1v) is 5.78. The fourth-order valence-electron chi connectivity index (χ4n) is 1.39. The normalized spacial score (nSPS) is 10.1. The number of hydrogen-bond acceptors (Lipinski definition) is 5. The predicted octanol–water partition coefficient (Wildman–Crippen LogP) is 1.80. The van der Waals surface area contributed by atoms with Gasteiger partial charge in [0.2, 0.25) is 0 Å². The molecule has 0 saturated carbocycles. The van der Waals surface area contributed by atoms with Crippen LogP contribution in [0.1, 0.15) is 25.6 Å². The first kappa shape index (κ1) is 12.2. The fraction of sp³-hybridized carbons (Fsp3) is 0.0909. The lowest BCUT2D eigenvalue weighted by Crippen LogP contribution is -2.11. The van der Waals surface area contributed by atoms with Crippen molar-refractivity contribution >= 4 is 29.1 Å². The van der Waals surface area contributed by atoms with Crippen molar-refractivity contribution in [3.8, 4) is 0 Å². The second kappa shape index (κ2) is 4.92. The lowest BCUT2D eigenvalue weighted by atomic mass is 10.1. The lowest BCUT2D eigenvalue weighted by Gasteiger charge is -2.06. The maximum Gasteiger partial charge on any atom is 0.336 e. The molecule has 0 bridgehead atoms. The van der Waals surface area contributed by atoms with Crippen LogP contribution in [0.15, 0.2) is 24.4 Å². The molecule has 0 aliphatic carbocycles. The molecule has 0 radical (unpaired) electrons. The maximum atomic E-state index is 11.7. The summed E-state index contributed by atoms with van der Waals surface area (Å²) in [4.78, 5) is 23.0. The van der Waals surface area contributed by atoms with E-state index >= 15 is 0 Å². The van der Waals surface area contributed by atoms with E-state index in [1.54, 1.807) is 19.1 Å². The van der Waals surface area contributed by atoms with Crippen LogP contribution in [-0.2, 0) is 0 Å². The average Bonchev–Trinajstić information content (AvgIpc) is 2.85. The molecule has 1 amide bonds. The molecule has 0 unspecified atom stereocenters. The van der Waals surface area contributed by atoms with Gasteiger partial charge >= 0.3 is 5.97 Å². The largest absolute Gasteiger partial charge is 0.478 e. The number of hydrogen-bond donors (Lipinski definition) is 2. The van der Waals surface area contributed by atoms with Crippen molar-refractivity contribution in [2.45, 2.75) is 6.92 Å². The number of aromatic carboxylic acids is 1. The molecule has 0 aliphatic rings. The van der Waals surface area contributed by atoms with Crippen LogP contribution < -0.4 is 5.32 Å². The summed E-state index contributed by atoms with van der Waals surface area (Å²) in [5, 5.41) is 15.1. The van der Waals surface area contributed by atoms with Gasteiger partial charge in [-0.1, -0.05) is 10.6 Å². The van der Waals surface area contributed by atoms with E-state index in [1.165, 1.54) is 12.3 Å². The third kappa shape index (κ3) is 2.51. The molecule has 0 fully saturated rings. The van der Waals surface area contributed by atoms with Crippen LogP contribution in [0, 0.1) is 6.92 Å². The summed E-state index contributed by atoms with van der Waals surface area (Å²) in [6.45, 7) is 1.70. The van der Waals surface area contributed by atoms with Crippen molar-refractivity contribution in [3.05, 3.63) is 40.4 Å². The fourth-order valence-corrected chi connectivity index (χ4v) is 1.80. The zero-order valence-corrected chi connectivity index (χ0v) is 10.2. The second-order valence-electron chi connectivity index (χ2n) is 3.57. The SMILES string of the molecule is Cc1ccc(NC(=O)c2cnns2)cc1C(=O)O. The highest BCUT2D eigenvalue weighted by Crippen LogP contribution is 2.16. The molecule has 18 heavy (non-hydrogen) atoms. The molecule has 1 aromatic heterocycles. The monoisotopic (exact) mass is 263 g/mol. The Hall–Kier alpha value is -2.28. The Bertz CT molecular complexity index is 596. The topological polar surface area (TPSA) is 92.2 Å². The smallest absolute Gasteiger partial charge is 0.336 e. The number of carboxylic acids is 1. The van der Waals surface area contributed by atoms with Gasteiger partial charge in [0, 0.05) is 5.69 Å². The van der Waals surface area contributed by atoms with E-state index in [0.29, 0.717) is 16.1 Å². The molecule has 7 heteroatoms. The van der Waals surface area contributed by atoms with Crippen molar-refractivity contribution in [2.24, 2.45) is 0 Å². The van der Waals surface area contributed by atoms with Gasteiger partial charge in [0.1, 0.15) is 4.88 Å². The minimum Gasteiger partial charge on any atom is -0.478 e. The van der Waals surface area contributed by atoms with Crippen LogP contribution in [0.3, 0.4) is 0 Å². The van der Waals surface area contributed by atoms with Crippen molar-refractivity contribution in [2.75, 3.05) is 5.32 Å². The highest BCUT2D eigenvalue weighted by molar-refractivity contribution is 7.07. The van der Waals surface area contributed by atoms with Crippen LogP contribution >= 0.6 is 11.5 Å². The zero-order valence-electron chi connectivity index (χ0n) is 9.38. The minimum atomic E-state index is -1.02. The third-order valence-electron chi connectivity index (χ3n) is 2.31. The van der Waals surface area contributed by atoms with Crippen molar-refractivity contribution < 1.29 is 14.7 Å². The Labute approximate surface area is 106 Å². The molecule has 6 nitrogen and oxygen atoms in total. The van der Waals surface area contributed by atoms with Crippen LogP contribution in [0.25, 0.3) is 0 Å². The Kier molecular flexibility index (Phi) is 3.33. The number of rotatable bonds is 3. The molecule has 2 N–H and O–H groups in total. The van der Waals surface area contributed by atoms with Gasteiger partial charge in [0.25, 0.3) is 5.91 Å². The summed E-state index contributed by atoms with van der Waals surface area (Å²) >= 11 is 0.974. The molecule has 0 spiro atoms. The van der Waals surface area contributed by atoms with Gasteiger partial charge in [-0.15, -0.1) is 5.10 Å². The lowest BCUT2D eigenvalue weighted by molar-refractivity contribution is 0.0695. The Morgan fingerprint density at radius 1 is 1.39 bits per heavy atom. The highest BCUT2D eigenvalue weighted by Gasteiger charge is 2.12. The number of carbonyl (C=O) groups is 2. The summed E-state index contributed by atoms with van der Waals surface area (Å²) in [6.07, 6.45) is 1.35. The summed E-state index contributed by atoms with van der Waals surface area (Å²) in [5.74, 6) is -1.38. The van der Waals surface area contributed by atoms with Crippen molar-refractivity contribution in [1.82, 2.24) is 9.59 Å². The van der Waals surface area contributed by atoms with E-state index in [-0.39, 0.29) is 11.5 Å². The number of carboxylic acid groups (broad SMARTS) is 1. The summed E-state index contributed by atoms with van der Waals surface area (Å²) in [5.41, 5.74) is 1.23. The number of amides is 1. The zero-order chi connectivity index (χ0) is 13.1. The quantitative estimate of drug-likeness (QED) is 0.880. The van der Waals surface area contributed by atoms with E-state index < -0.39 is 5.97 Å². The van der Waals surface area contributed by atoms with Crippen molar-refractivity contribution in [1.29, 1.82) is 0 Å². The van der Waals surface area contributed by atoms with Crippen LogP contribution in [0.4, 0.5) is 5.69 Å². The first-order valence-electron chi connectivity index (χ1n) is 5.00. The number of benzene rings is 1. The third-order valence-corrected chi connectivity index (χ3v) is 2.97. The molecule has 1 aromatic carbocycles. The van der Waals surface area contributed by atoms with Crippen LogP contribution in [-0.4, -0.2) is 26.6 Å². The summed E-state index contributed by atoms with van der Waals surface area (Å²) in [7, 11) is 0. The molecule has 0 saturated heterocycles. The highest BCUT2D eigenvalue weighted by atomic mass is 32.1. The summed E-state index contributed by atoms with van der Waals surface area (Å²) < 4.78 is 3.58.